The Hall–Kier alpha value is -1.41. The SMILES string of the molecule is C=C(C)C(=O)OCC(=O)OC1C2CC3CC1OS(=O)(=O)C(C3)C2. The average Bonchev–Trinajstić information content (AvgIpc) is 2.59. The first-order chi connectivity index (χ1) is 10.8. The molecule has 4 bridgehead atoms. The van der Waals surface area contributed by atoms with Gasteiger partial charge in [0.2, 0.25) is 0 Å². The molecule has 4 rings (SSSR count). The van der Waals surface area contributed by atoms with Gasteiger partial charge in [0.05, 0.1) is 5.25 Å². The molecule has 128 valence electrons. The molecule has 4 aliphatic rings. The zero-order valence-corrected chi connectivity index (χ0v) is 13.7. The highest BCUT2D eigenvalue weighted by Gasteiger charge is 2.53. The van der Waals surface area contributed by atoms with E-state index in [1.165, 1.54) is 6.92 Å². The summed E-state index contributed by atoms with van der Waals surface area (Å²) in [5, 5.41) is -0.499. The zero-order chi connectivity index (χ0) is 16.8. The Morgan fingerprint density at radius 1 is 1.22 bits per heavy atom. The lowest BCUT2D eigenvalue weighted by molar-refractivity contribution is -0.171. The highest BCUT2D eigenvalue weighted by atomic mass is 32.2. The van der Waals surface area contributed by atoms with Crippen LogP contribution in [-0.2, 0) is 33.4 Å². The summed E-state index contributed by atoms with van der Waals surface area (Å²) in [5.74, 6) is -1.08. The number of hydrogen-bond acceptors (Lipinski definition) is 7. The van der Waals surface area contributed by atoms with Crippen molar-refractivity contribution < 1.29 is 31.7 Å². The summed E-state index contributed by atoms with van der Waals surface area (Å²) in [6.07, 6.45) is 1.29. The van der Waals surface area contributed by atoms with Gasteiger partial charge < -0.3 is 9.47 Å². The molecule has 2 aliphatic heterocycles. The highest BCUT2D eigenvalue weighted by Crippen LogP contribution is 2.48. The van der Waals surface area contributed by atoms with Crippen LogP contribution in [0.3, 0.4) is 0 Å². The van der Waals surface area contributed by atoms with Crippen LogP contribution >= 0.6 is 0 Å². The van der Waals surface area contributed by atoms with Gasteiger partial charge in [-0.25, -0.2) is 9.59 Å². The number of rotatable bonds is 4. The monoisotopic (exact) mass is 344 g/mol. The summed E-state index contributed by atoms with van der Waals surface area (Å²) < 4.78 is 39.7. The van der Waals surface area contributed by atoms with E-state index in [2.05, 4.69) is 6.58 Å². The molecule has 2 heterocycles. The second-order valence-electron chi connectivity index (χ2n) is 6.63. The number of fused-ring (bicyclic) bond motifs is 1. The fourth-order valence-corrected chi connectivity index (χ4v) is 5.52. The maximum absolute atomic E-state index is 12.1. The number of hydrogen-bond donors (Lipinski definition) is 0. The normalized spacial score (nSPS) is 37.0. The van der Waals surface area contributed by atoms with Crippen LogP contribution < -0.4 is 0 Å². The second kappa shape index (κ2) is 5.90. The van der Waals surface area contributed by atoms with E-state index in [4.69, 9.17) is 13.7 Å². The molecule has 8 heteroatoms. The van der Waals surface area contributed by atoms with Gasteiger partial charge >= 0.3 is 11.9 Å². The van der Waals surface area contributed by atoms with E-state index >= 15 is 0 Å². The Morgan fingerprint density at radius 2 is 1.96 bits per heavy atom. The molecule has 23 heavy (non-hydrogen) atoms. The molecule has 2 aliphatic carbocycles. The van der Waals surface area contributed by atoms with E-state index in [9.17, 15) is 18.0 Å². The van der Waals surface area contributed by atoms with Crippen molar-refractivity contribution in [3.63, 3.8) is 0 Å². The summed E-state index contributed by atoms with van der Waals surface area (Å²) in [5.41, 5.74) is 0.193. The van der Waals surface area contributed by atoms with Gasteiger partial charge in [0, 0.05) is 11.5 Å². The molecule has 0 radical (unpaired) electrons. The lowest BCUT2D eigenvalue weighted by Crippen LogP contribution is -2.46. The van der Waals surface area contributed by atoms with Crippen LogP contribution in [0.2, 0.25) is 0 Å². The first-order valence-electron chi connectivity index (χ1n) is 7.70. The number of carbonyl (C=O) groups excluding carboxylic acids is 2. The summed E-state index contributed by atoms with van der Waals surface area (Å²) in [6, 6.07) is 0. The Bertz CT molecular complexity index is 638. The van der Waals surface area contributed by atoms with Gasteiger partial charge in [-0.05, 0) is 38.5 Å². The molecule has 0 aromatic rings. The van der Waals surface area contributed by atoms with Gasteiger partial charge in [-0.1, -0.05) is 6.58 Å². The highest BCUT2D eigenvalue weighted by molar-refractivity contribution is 7.87. The summed E-state index contributed by atoms with van der Waals surface area (Å²) in [6.45, 7) is 4.39. The van der Waals surface area contributed by atoms with E-state index in [1.807, 2.05) is 0 Å². The van der Waals surface area contributed by atoms with Crippen LogP contribution in [-0.4, -0.2) is 44.4 Å². The van der Waals surface area contributed by atoms with Crippen molar-refractivity contribution in [2.45, 2.75) is 50.1 Å². The molecular weight excluding hydrogens is 324 g/mol. The molecule has 0 aromatic carbocycles. The third-order valence-corrected chi connectivity index (χ3v) is 6.51. The summed E-state index contributed by atoms with van der Waals surface area (Å²) in [4.78, 5) is 23.2. The van der Waals surface area contributed by atoms with Crippen LogP contribution in [0.1, 0.15) is 32.6 Å². The van der Waals surface area contributed by atoms with Gasteiger partial charge in [0.15, 0.2) is 6.61 Å². The molecule has 0 aromatic heterocycles. The summed E-state index contributed by atoms with van der Waals surface area (Å²) >= 11 is 0. The molecule has 2 saturated carbocycles. The van der Waals surface area contributed by atoms with Gasteiger partial charge in [-0.15, -0.1) is 0 Å². The topological polar surface area (TPSA) is 96.0 Å². The molecule has 4 fully saturated rings. The van der Waals surface area contributed by atoms with Gasteiger partial charge in [0.25, 0.3) is 10.1 Å². The van der Waals surface area contributed by atoms with Crippen molar-refractivity contribution in [2.75, 3.05) is 6.61 Å². The molecule has 5 unspecified atom stereocenters. The molecule has 2 saturated heterocycles. The third kappa shape index (κ3) is 3.28. The molecule has 0 amide bonds. The molecular formula is C15H20O7S. The average molecular weight is 344 g/mol. The van der Waals surface area contributed by atoms with Crippen molar-refractivity contribution >= 4 is 22.1 Å². The number of ether oxygens (including phenoxy) is 2. The predicted octanol–water partition coefficient (Wildman–Crippen LogP) is 0.935. The first-order valence-corrected chi connectivity index (χ1v) is 9.17. The molecule has 0 N–H and O–H groups in total. The van der Waals surface area contributed by atoms with Crippen LogP contribution in [0.4, 0.5) is 0 Å². The van der Waals surface area contributed by atoms with Crippen molar-refractivity contribution in [1.82, 2.24) is 0 Å². The smallest absolute Gasteiger partial charge is 0.344 e. The summed E-state index contributed by atoms with van der Waals surface area (Å²) in [7, 11) is -3.59. The van der Waals surface area contributed by atoms with Crippen LogP contribution in [0.5, 0.6) is 0 Å². The van der Waals surface area contributed by atoms with E-state index in [1.54, 1.807) is 0 Å². The van der Waals surface area contributed by atoms with E-state index in [0.29, 0.717) is 25.2 Å². The van der Waals surface area contributed by atoms with E-state index < -0.39 is 46.1 Å². The number of esters is 2. The minimum absolute atomic E-state index is 0.0180. The van der Waals surface area contributed by atoms with Crippen molar-refractivity contribution in [1.29, 1.82) is 0 Å². The van der Waals surface area contributed by atoms with Gasteiger partial charge in [0.1, 0.15) is 12.2 Å². The van der Waals surface area contributed by atoms with Crippen molar-refractivity contribution in [3.8, 4) is 0 Å². The van der Waals surface area contributed by atoms with Crippen LogP contribution in [0.25, 0.3) is 0 Å². The van der Waals surface area contributed by atoms with Crippen LogP contribution in [0.15, 0.2) is 12.2 Å². The number of carbonyl (C=O) groups is 2. The fraction of sp³-hybridized carbons (Fsp3) is 0.733. The molecule has 0 spiro atoms. The quantitative estimate of drug-likeness (QED) is 0.425. The fourth-order valence-electron chi connectivity index (χ4n) is 3.84. The maximum atomic E-state index is 12.1. The Balaban J connectivity index is 1.66. The maximum Gasteiger partial charge on any atom is 0.344 e. The lowest BCUT2D eigenvalue weighted by atomic mass is 9.69. The van der Waals surface area contributed by atoms with Gasteiger partial charge in [-0.3, -0.25) is 4.18 Å². The van der Waals surface area contributed by atoms with Crippen LogP contribution in [0, 0.1) is 11.8 Å². The minimum Gasteiger partial charge on any atom is -0.457 e. The Kier molecular flexibility index (Phi) is 4.22. The second-order valence-corrected chi connectivity index (χ2v) is 8.47. The molecule has 5 atom stereocenters. The Labute approximate surface area is 135 Å². The van der Waals surface area contributed by atoms with Gasteiger partial charge in [-0.2, -0.15) is 8.42 Å². The van der Waals surface area contributed by atoms with E-state index in [-0.39, 0.29) is 11.5 Å². The zero-order valence-electron chi connectivity index (χ0n) is 12.9. The lowest BCUT2D eigenvalue weighted by Gasteiger charge is -2.41. The molecule has 7 nitrogen and oxygen atoms in total. The minimum atomic E-state index is -3.59. The van der Waals surface area contributed by atoms with E-state index in [0.717, 1.165) is 6.42 Å². The standard InChI is InChI=1S/C15H20O7S/c1-8(2)15(17)20-7-13(16)21-14-10-3-9-4-11(6-10)23(18,19)22-12(14)5-9/h9-12,14H,1,3-7H2,2H3. The largest absolute Gasteiger partial charge is 0.457 e. The third-order valence-electron chi connectivity index (χ3n) is 4.80. The first kappa shape index (κ1) is 16.4. The van der Waals surface area contributed by atoms with Crippen molar-refractivity contribution in [3.05, 3.63) is 12.2 Å². The predicted molar refractivity (Wildman–Crippen MR) is 78.7 cm³/mol. The Morgan fingerprint density at radius 3 is 2.65 bits per heavy atom. The van der Waals surface area contributed by atoms with Crippen molar-refractivity contribution in [2.24, 2.45) is 11.8 Å².